The molecule has 0 unspecified atom stereocenters. The van der Waals surface area contributed by atoms with Gasteiger partial charge in [-0.05, 0) is 30.5 Å². The molecule has 0 saturated heterocycles. The van der Waals surface area contributed by atoms with Gasteiger partial charge in [0, 0.05) is 31.5 Å². The van der Waals surface area contributed by atoms with Gasteiger partial charge in [0.05, 0.1) is 6.33 Å². The van der Waals surface area contributed by atoms with E-state index in [1.807, 2.05) is 25.2 Å². The van der Waals surface area contributed by atoms with Gasteiger partial charge in [-0.2, -0.15) is 0 Å². The van der Waals surface area contributed by atoms with Crippen molar-refractivity contribution in [3.63, 3.8) is 0 Å². The Labute approximate surface area is 118 Å². The average molecular weight is 270 g/mol. The van der Waals surface area contributed by atoms with Crippen LogP contribution in [0.5, 0.6) is 0 Å². The maximum atomic E-state index is 12.0. The van der Waals surface area contributed by atoms with Crippen molar-refractivity contribution in [1.82, 2.24) is 14.9 Å². The van der Waals surface area contributed by atoms with E-state index in [0.29, 0.717) is 11.7 Å². The van der Waals surface area contributed by atoms with E-state index in [0.717, 1.165) is 12.2 Å². The number of carbonyl (C=O) groups is 1. The molecule has 3 rings (SSSR count). The number of amides is 1. The molecule has 1 aromatic carbocycles. The summed E-state index contributed by atoms with van der Waals surface area (Å²) < 4.78 is 1.75. The molecule has 1 aliphatic rings. The van der Waals surface area contributed by atoms with Crippen LogP contribution in [0.2, 0.25) is 0 Å². The summed E-state index contributed by atoms with van der Waals surface area (Å²) in [6.07, 6.45) is 5.87. The van der Waals surface area contributed by atoms with E-state index in [1.54, 1.807) is 17.1 Å². The van der Waals surface area contributed by atoms with Gasteiger partial charge in [0.25, 0.3) is 5.91 Å². The predicted molar refractivity (Wildman–Crippen MR) is 77.5 cm³/mol. The summed E-state index contributed by atoms with van der Waals surface area (Å²) in [7, 11) is 1.84. The Hall–Kier alpha value is -2.14. The van der Waals surface area contributed by atoms with Gasteiger partial charge in [-0.15, -0.1) is 0 Å². The monoisotopic (exact) mass is 270 g/mol. The maximum Gasteiger partial charge on any atom is 0.275 e. The lowest BCUT2D eigenvalue weighted by molar-refractivity contribution is 0.102. The van der Waals surface area contributed by atoms with Gasteiger partial charge in [0.2, 0.25) is 0 Å². The number of aryl methyl sites for hydroxylation is 1. The van der Waals surface area contributed by atoms with Crippen LogP contribution in [0.3, 0.4) is 0 Å². The van der Waals surface area contributed by atoms with Crippen molar-refractivity contribution < 1.29 is 4.79 Å². The first-order valence-corrected chi connectivity index (χ1v) is 6.82. The van der Waals surface area contributed by atoms with Crippen molar-refractivity contribution in [3.8, 4) is 0 Å². The smallest absolute Gasteiger partial charge is 0.275 e. The van der Waals surface area contributed by atoms with Crippen LogP contribution in [0.4, 0.5) is 5.69 Å². The van der Waals surface area contributed by atoms with Crippen LogP contribution in [0.15, 0.2) is 36.8 Å². The number of hydrogen-bond acceptors (Lipinski definition) is 3. The van der Waals surface area contributed by atoms with Crippen LogP contribution in [-0.2, 0) is 13.6 Å². The molecule has 0 bridgehead atoms. The molecule has 1 aromatic heterocycles. The fourth-order valence-electron chi connectivity index (χ4n) is 2.03. The quantitative estimate of drug-likeness (QED) is 0.872. The molecule has 5 nitrogen and oxygen atoms in total. The first-order chi connectivity index (χ1) is 9.70. The molecule has 104 valence electrons. The molecule has 1 fully saturated rings. The van der Waals surface area contributed by atoms with Crippen LogP contribution in [0.1, 0.15) is 28.9 Å². The standard InChI is InChI=1S/C15H18N4O/c1-19-9-14(17-10-19)15(20)18-13-4-2-3-11(7-13)8-16-12-5-6-12/h2-4,7,9-10,12,16H,5-6,8H2,1H3,(H,18,20). The largest absolute Gasteiger partial charge is 0.340 e. The Balaban J connectivity index is 1.64. The third-order valence-corrected chi connectivity index (χ3v) is 3.29. The van der Waals surface area contributed by atoms with Crippen molar-refractivity contribution in [2.24, 2.45) is 7.05 Å². The van der Waals surface area contributed by atoms with Gasteiger partial charge < -0.3 is 15.2 Å². The topological polar surface area (TPSA) is 59.0 Å². The zero-order chi connectivity index (χ0) is 13.9. The zero-order valence-corrected chi connectivity index (χ0v) is 11.5. The molecule has 0 spiro atoms. The van der Waals surface area contributed by atoms with Gasteiger partial charge in [-0.1, -0.05) is 12.1 Å². The second kappa shape index (κ2) is 5.46. The summed E-state index contributed by atoms with van der Waals surface area (Å²) in [5, 5.41) is 6.33. The molecule has 5 heteroatoms. The highest BCUT2D eigenvalue weighted by molar-refractivity contribution is 6.02. The van der Waals surface area contributed by atoms with Crippen molar-refractivity contribution in [2.75, 3.05) is 5.32 Å². The first-order valence-electron chi connectivity index (χ1n) is 6.82. The zero-order valence-electron chi connectivity index (χ0n) is 11.5. The number of benzene rings is 1. The normalized spacial score (nSPS) is 14.2. The van der Waals surface area contributed by atoms with Gasteiger partial charge in [-0.3, -0.25) is 4.79 Å². The Morgan fingerprint density at radius 2 is 2.30 bits per heavy atom. The van der Waals surface area contributed by atoms with Crippen LogP contribution in [-0.4, -0.2) is 21.5 Å². The Kier molecular flexibility index (Phi) is 3.52. The van der Waals surface area contributed by atoms with E-state index >= 15 is 0 Å². The summed E-state index contributed by atoms with van der Waals surface area (Å²) in [5.74, 6) is -0.182. The average Bonchev–Trinajstić information content (AvgIpc) is 3.17. The van der Waals surface area contributed by atoms with Crippen LogP contribution < -0.4 is 10.6 Å². The molecule has 0 atom stereocenters. The lowest BCUT2D eigenvalue weighted by atomic mass is 10.2. The summed E-state index contributed by atoms with van der Waals surface area (Å²) in [6, 6.07) is 8.59. The van der Waals surface area contributed by atoms with E-state index in [1.165, 1.54) is 18.4 Å². The molecule has 20 heavy (non-hydrogen) atoms. The minimum atomic E-state index is -0.182. The van der Waals surface area contributed by atoms with Gasteiger partial charge in [0.1, 0.15) is 5.69 Å². The number of hydrogen-bond donors (Lipinski definition) is 2. The highest BCUT2D eigenvalue weighted by Crippen LogP contribution is 2.20. The van der Waals surface area contributed by atoms with E-state index < -0.39 is 0 Å². The second-order valence-electron chi connectivity index (χ2n) is 5.23. The summed E-state index contributed by atoms with van der Waals surface area (Å²) in [6.45, 7) is 0.845. The van der Waals surface area contributed by atoms with Gasteiger partial charge >= 0.3 is 0 Å². The molecule has 2 N–H and O–H groups in total. The van der Waals surface area contributed by atoms with Crippen molar-refractivity contribution >= 4 is 11.6 Å². The van der Waals surface area contributed by atoms with Gasteiger partial charge in [0.15, 0.2) is 0 Å². The highest BCUT2D eigenvalue weighted by atomic mass is 16.1. The number of imidazole rings is 1. The van der Waals surface area contributed by atoms with E-state index in [2.05, 4.69) is 21.7 Å². The predicted octanol–water partition coefficient (Wildman–Crippen LogP) is 1.92. The molecule has 1 aliphatic carbocycles. The minimum Gasteiger partial charge on any atom is -0.340 e. The summed E-state index contributed by atoms with van der Waals surface area (Å²) >= 11 is 0. The van der Waals surface area contributed by atoms with Crippen LogP contribution in [0.25, 0.3) is 0 Å². The number of carbonyl (C=O) groups excluding carboxylic acids is 1. The third-order valence-electron chi connectivity index (χ3n) is 3.29. The third kappa shape index (κ3) is 3.24. The van der Waals surface area contributed by atoms with Crippen molar-refractivity contribution in [2.45, 2.75) is 25.4 Å². The first kappa shape index (κ1) is 12.9. The van der Waals surface area contributed by atoms with Crippen molar-refractivity contribution in [1.29, 1.82) is 0 Å². The SMILES string of the molecule is Cn1cnc(C(=O)Nc2cccc(CNC3CC3)c2)c1. The molecule has 0 aliphatic heterocycles. The van der Waals surface area contributed by atoms with Crippen molar-refractivity contribution in [3.05, 3.63) is 48.0 Å². The van der Waals surface area contributed by atoms with E-state index in [-0.39, 0.29) is 5.91 Å². The van der Waals surface area contributed by atoms with Crippen LogP contribution >= 0.6 is 0 Å². The second-order valence-corrected chi connectivity index (χ2v) is 5.23. The fourth-order valence-corrected chi connectivity index (χ4v) is 2.03. The molecule has 0 radical (unpaired) electrons. The van der Waals surface area contributed by atoms with Crippen LogP contribution in [0, 0.1) is 0 Å². The Morgan fingerprint density at radius 3 is 3.00 bits per heavy atom. The van der Waals surface area contributed by atoms with Gasteiger partial charge in [-0.25, -0.2) is 4.98 Å². The van der Waals surface area contributed by atoms with E-state index in [9.17, 15) is 4.79 Å². The molecule has 1 heterocycles. The molecular weight excluding hydrogens is 252 g/mol. The number of nitrogens with zero attached hydrogens (tertiary/aromatic N) is 2. The minimum absolute atomic E-state index is 0.182. The Bertz CT molecular complexity index is 616. The number of anilines is 1. The highest BCUT2D eigenvalue weighted by Gasteiger charge is 2.19. The number of aromatic nitrogens is 2. The summed E-state index contributed by atoms with van der Waals surface area (Å²) in [4.78, 5) is 16.1. The lowest BCUT2D eigenvalue weighted by Crippen LogP contribution is -2.16. The molecular formula is C15H18N4O. The molecule has 2 aromatic rings. The summed E-state index contributed by atoms with van der Waals surface area (Å²) in [5.41, 5.74) is 2.40. The number of nitrogens with one attached hydrogen (secondary N) is 2. The fraction of sp³-hybridized carbons (Fsp3) is 0.333. The number of rotatable bonds is 5. The Morgan fingerprint density at radius 1 is 1.45 bits per heavy atom. The lowest BCUT2D eigenvalue weighted by Gasteiger charge is -2.07. The molecule has 1 saturated carbocycles. The maximum absolute atomic E-state index is 12.0. The van der Waals surface area contributed by atoms with E-state index in [4.69, 9.17) is 0 Å². The molecule has 1 amide bonds.